The van der Waals surface area contributed by atoms with Crippen molar-refractivity contribution < 1.29 is 4.39 Å². The summed E-state index contributed by atoms with van der Waals surface area (Å²) in [6.07, 6.45) is 12.8. The molecule has 0 bridgehead atoms. The normalized spacial score (nSPS) is 15.9. The Morgan fingerprint density at radius 2 is 1.44 bits per heavy atom. The number of benzene rings is 3. The number of rotatable bonds is 9. The average Bonchev–Trinajstić information content (AvgIpc) is 2.88. The Hall–Kier alpha value is -2.38. The highest BCUT2D eigenvalue weighted by Gasteiger charge is 2.15. The zero-order chi connectivity index (χ0) is 23.9. The van der Waals surface area contributed by atoms with Crippen LogP contribution in [0.5, 0.6) is 0 Å². The predicted octanol–water partition coefficient (Wildman–Crippen LogP) is 10.5. The second kappa shape index (κ2) is 11.8. The molecular formula is C32H36ClF. The third-order valence-corrected chi connectivity index (χ3v) is 7.58. The zero-order valence-corrected chi connectivity index (χ0v) is 21.3. The second-order valence-corrected chi connectivity index (χ2v) is 10.0. The molecule has 0 spiro atoms. The van der Waals surface area contributed by atoms with E-state index in [2.05, 4.69) is 56.3 Å². The van der Waals surface area contributed by atoms with Gasteiger partial charge in [-0.3, -0.25) is 0 Å². The molecule has 1 aliphatic carbocycles. The standard InChI is InChI=1S/C32H36ClF/c1-3-5-6-8-29-21-22-30(31(33)32(29)34)28-19-17-27(18-20-28)26-15-13-25(14-16-26)24-11-9-23(7-4-2)10-12-24/h11,13-23H,3-10,12H2,1-2H3. The van der Waals surface area contributed by atoms with Gasteiger partial charge >= 0.3 is 0 Å². The largest absolute Gasteiger partial charge is 0.205 e. The molecule has 2 heteroatoms. The fourth-order valence-corrected chi connectivity index (χ4v) is 5.40. The number of aryl methyl sites for hydroxylation is 1. The fourth-order valence-electron chi connectivity index (χ4n) is 5.11. The van der Waals surface area contributed by atoms with Gasteiger partial charge < -0.3 is 0 Å². The first-order chi connectivity index (χ1) is 16.6. The molecule has 0 aromatic heterocycles. The van der Waals surface area contributed by atoms with Crippen molar-refractivity contribution in [1.29, 1.82) is 0 Å². The number of allylic oxidation sites excluding steroid dienone is 2. The van der Waals surface area contributed by atoms with E-state index < -0.39 is 0 Å². The van der Waals surface area contributed by atoms with Crippen molar-refractivity contribution in [2.75, 3.05) is 0 Å². The third kappa shape index (κ3) is 5.81. The molecule has 178 valence electrons. The first-order valence-corrected chi connectivity index (χ1v) is 13.4. The number of hydrogen-bond donors (Lipinski definition) is 0. The van der Waals surface area contributed by atoms with Crippen LogP contribution in [0.25, 0.3) is 27.8 Å². The van der Waals surface area contributed by atoms with E-state index in [1.54, 1.807) is 0 Å². The molecule has 1 atom stereocenters. The minimum absolute atomic E-state index is 0.230. The van der Waals surface area contributed by atoms with Gasteiger partial charge in [-0.15, -0.1) is 0 Å². The third-order valence-electron chi connectivity index (χ3n) is 7.21. The van der Waals surface area contributed by atoms with Crippen LogP contribution in [0.15, 0.2) is 66.7 Å². The molecule has 1 unspecified atom stereocenters. The SMILES string of the molecule is CCCCCc1ccc(-c2ccc(-c3ccc(C4=CCC(CCC)CC4)cc3)cc2)c(Cl)c1F. The summed E-state index contributed by atoms with van der Waals surface area (Å²) in [5.74, 6) is 0.596. The van der Waals surface area contributed by atoms with Gasteiger partial charge in [0.1, 0.15) is 5.82 Å². The van der Waals surface area contributed by atoms with Gasteiger partial charge in [0.25, 0.3) is 0 Å². The van der Waals surface area contributed by atoms with Crippen LogP contribution >= 0.6 is 11.6 Å². The summed E-state index contributed by atoms with van der Waals surface area (Å²) >= 11 is 6.44. The quantitative estimate of drug-likeness (QED) is 0.270. The number of unbranched alkanes of at least 4 members (excludes halogenated alkanes) is 2. The number of halogens is 2. The Morgan fingerprint density at radius 1 is 0.794 bits per heavy atom. The van der Waals surface area contributed by atoms with E-state index in [0.29, 0.717) is 5.56 Å². The Kier molecular flexibility index (Phi) is 8.62. The Balaban J connectivity index is 1.46. The first-order valence-electron chi connectivity index (χ1n) is 13.0. The van der Waals surface area contributed by atoms with Crippen molar-refractivity contribution >= 4 is 17.2 Å². The highest BCUT2D eigenvalue weighted by atomic mass is 35.5. The van der Waals surface area contributed by atoms with Gasteiger partial charge in [0.05, 0.1) is 5.02 Å². The molecule has 1 aliphatic rings. The number of hydrogen-bond acceptors (Lipinski definition) is 0. The van der Waals surface area contributed by atoms with E-state index in [0.717, 1.165) is 48.3 Å². The molecule has 0 aliphatic heterocycles. The Labute approximate surface area is 209 Å². The highest BCUT2D eigenvalue weighted by Crippen LogP contribution is 2.35. The summed E-state index contributed by atoms with van der Waals surface area (Å²) in [7, 11) is 0. The van der Waals surface area contributed by atoms with Crippen molar-refractivity contribution in [2.24, 2.45) is 5.92 Å². The zero-order valence-electron chi connectivity index (χ0n) is 20.5. The van der Waals surface area contributed by atoms with E-state index in [9.17, 15) is 4.39 Å². The van der Waals surface area contributed by atoms with Gasteiger partial charge in [-0.2, -0.15) is 0 Å². The summed E-state index contributed by atoms with van der Waals surface area (Å²) < 4.78 is 14.8. The minimum atomic E-state index is -0.270. The van der Waals surface area contributed by atoms with Gasteiger partial charge in [0.2, 0.25) is 0 Å². The van der Waals surface area contributed by atoms with Crippen LogP contribution in [0, 0.1) is 11.7 Å². The van der Waals surface area contributed by atoms with E-state index in [1.807, 2.05) is 24.3 Å². The topological polar surface area (TPSA) is 0 Å². The molecular weight excluding hydrogens is 439 g/mol. The molecule has 3 aromatic carbocycles. The molecule has 0 saturated heterocycles. The van der Waals surface area contributed by atoms with Crippen LogP contribution in [0.2, 0.25) is 5.02 Å². The molecule has 0 nitrogen and oxygen atoms in total. The van der Waals surface area contributed by atoms with Crippen LogP contribution in [0.3, 0.4) is 0 Å². The van der Waals surface area contributed by atoms with E-state index in [-0.39, 0.29) is 10.8 Å². The molecule has 34 heavy (non-hydrogen) atoms. The van der Waals surface area contributed by atoms with Gasteiger partial charge in [-0.1, -0.05) is 118 Å². The molecule has 0 heterocycles. The minimum Gasteiger partial charge on any atom is -0.205 e. The summed E-state index contributed by atoms with van der Waals surface area (Å²) in [6.45, 7) is 4.43. The van der Waals surface area contributed by atoms with Gasteiger partial charge in [-0.05, 0) is 71.4 Å². The van der Waals surface area contributed by atoms with Crippen molar-refractivity contribution in [2.45, 2.75) is 71.6 Å². The molecule has 0 N–H and O–H groups in total. The highest BCUT2D eigenvalue weighted by molar-refractivity contribution is 6.33. The first kappa shape index (κ1) is 24.7. The summed E-state index contributed by atoms with van der Waals surface area (Å²) in [6, 6.07) is 21.0. The Morgan fingerprint density at radius 3 is 2.03 bits per heavy atom. The van der Waals surface area contributed by atoms with Crippen LogP contribution in [-0.4, -0.2) is 0 Å². The monoisotopic (exact) mass is 474 g/mol. The Bertz CT molecular complexity index is 1110. The molecule has 0 saturated carbocycles. The van der Waals surface area contributed by atoms with E-state index in [4.69, 9.17) is 11.6 Å². The lowest BCUT2D eigenvalue weighted by molar-refractivity contribution is 0.445. The van der Waals surface area contributed by atoms with Crippen molar-refractivity contribution in [3.8, 4) is 22.3 Å². The fraction of sp³-hybridized carbons (Fsp3) is 0.375. The lowest BCUT2D eigenvalue weighted by Crippen LogP contribution is -2.04. The second-order valence-electron chi connectivity index (χ2n) is 9.67. The van der Waals surface area contributed by atoms with E-state index in [1.165, 1.54) is 48.8 Å². The molecule has 0 fully saturated rings. The molecule has 0 amide bonds. The summed E-state index contributed by atoms with van der Waals surface area (Å²) in [5.41, 5.74) is 7.60. The van der Waals surface area contributed by atoms with Crippen LogP contribution < -0.4 is 0 Å². The molecule has 0 radical (unpaired) electrons. The molecule has 3 aromatic rings. The van der Waals surface area contributed by atoms with Crippen LogP contribution in [0.1, 0.15) is 76.3 Å². The van der Waals surface area contributed by atoms with Gasteiger partial charge in [0.15, 0.2) is 0 Å². The van der Waals surface area contributed by atoms with Crippen LogP contribution in [0.4, 0.5) is 4.39 Å². The maximum atomic E-state index is 14.8. The summed E-state index contributed by atoms with van der Waals surface area (Å²) in [4.78, 5) is 0. The summed E-state index contributed by atoms with van der Waals surface area (Å²) in [5, 5.41) is 0.230. The van der Waals surface area contributed by atoms with Gasteiger partial charge in [0, 0.05) is 5.56 Å². The van der Waals surface area contributed by atoms with E-state index >= 15 is 0 Å². The van der Waals surface area contributed by atoms with Crippen molar-refractivity contribution in [3.63, 3.8) is 0 Å². The van der Waals surface area contributed by atoms with Gasteiger partial charge in [-0.25, -0.2) is 4.39 Å². The lowest BCUT2D eigenvalue weighted by atomic mass is 9.84. The maximum Gasteiger partial charge on any atom is 0.145 e. The van der Waals surface area contributed by atoms with Crippen molar-refractivity contribution in [3.05, 3.63) is 88.7 Å². The average molecular weight is 475 g/mol. The van der Waals surface area contributed by atoms with Crippen molar-refractivity contribution in [1.82, 2.24) is 0 Å². The maximum absolute atomic E-state index is 14.8. The molecule has 4 rings (SSSR count). The predicted molar refractivity (Wildman–Crippen MR) is 146 cm³/mol. The van der Waals surface area contributed by atoms with Crippen LogP contribution in [-0.2, 0) is 6.42 Å². The smallest absolute Gasteiger partial charge is 0.145 e. The lowest BCUT2D eigenvalue weighted by Gasteiger charge is -2.21.